The van der Waals surface area contributed by atoms with Crippen LogP contribution < -0.4 is 14.8 Å². The molecule has 2 unspecified atom stereocenters. The molecule has 2 amide bonds. The van der Waals surface area contributed by atoms with E-state index >= 15 is 0 Å². The summed E-state index contributed by atoms with van der Waals surface area (Å²) in [5.41, 5.74) is 2.94. The first kappa shape index (κ1) is 31.2. The number of amides is 2. The molecule has 3 aromatic carbocycles. The Bertz CT molecular complexity index is 1230. The van der Waals surface area contributed by atoms with Crippen LogP contribution in [-0.4, -0.2) is 42.0 Å². The van der Waals surface area contributed by atoms with E-state index < -0.39 is 6.04 Å². The highest BCUT2D eigenvalue weighted by Gasteiger charge is 2.31. The maximum absolute atomic E-state index is 14.0. The second-order valence-electron chi connectivity index (χ2n) is 9.82. The molecule has 0 spiro atoms. The fraction of sp³-hybridized carbons (Fsp3) is 0.394. The van der Waals surface area contributed by atoms with Gasteiger partial charge >= 0.3 is 0 Å². The van der Waals surface area contributed by atoms with Crippen molar-refractivity contribution >= 4 is 27.7 Å². The number of hydrogen-bond acceptors (Lipinski definition) is 4. The van der Waals surface area contributed by atoms with Gasteiger partial charge in [0.25, 0.3) is 0 Å². The zero-order valence-electron chi connectivity index (χ0n) is 24.0. The van der Waals surface area contributed by atoms with E-state index in [1.165, 1.54) is 0 Å². The van der Waals surface area contributed by atoms with Crippen molar-refractivity contribution in [2.75, 3.05) is 13.2 Å². The van der Waals surface area contributed by atoms with Crippen molar-refractivity contribution in [3.05, 3.63) is 94.0 Å². The number of carbonyl (C=O) groups excluding carboxylic acids is 2. The third-order valence-corrected chi connectivity index (χ3v) is 7.24. The average molecular weight is 610 g/mol. The molecule has 7 heteroatoms. The predicted octanol–water partition coefficient (Wildman–Crippen LogP) is 6.73. The van der Waals surface area contributed by atoms with Crippen LogP contribution in [0.25, 0.3) is 0 Å². The molecule has 0 aliphatic carbocycles. The first-order valence-corrected chi connectivity index (χ1v) is 14.9. The molecule has 0 radical (unpaired) electrons. The summed E-state index contributed by atoms with van der Waals surface area (Å²) in [6.45, 7) is 9.29. The molecular formula is C33H41BrN2O4. The summed E-state index contributed by atoms with van der Waals surface area (Å²) >= 11 is 3.54. The first-order valence-electron chi connectivity index (χ1n) is 14.1. The van der Waals surface area contributed by atoms with Crippen LogP contribution in [0, 0.1) is 0 Å². The van der Waals surface area contributed by atoms with Gasteiger partial charge in [-0.2, -0.15) is 0 Å². The summed E-state index contributed by atoms with van der Waals surface area (Å²) in [5.74, 6) is 1.16. The molecule has 0 aliphatic heterocycles. The minimum atomic E-state index is -0.651. The molecule has 2 atom stereocenters. The van der Waals surface area contributed by atoms with Gasteiger partial charge in [0.15, 0.2) is 11.5 Å². The van der Waals surface area contributed by atoms with E-state index in [0.29, 0.717) is 44.1 Å². The van der Waals surface area contributed by atoms with Crippen molar-refractivity contribution in [2.45, 2.75) is 72.0 Å². The summed E-state index contributed by atoms with van der Waals surface area (Å²) in [5, 5.41) is 3.12. The van der Waals surface area contributed by atoms with Crippen molar-refractivity contribution in [1.29, 1.82) is 0 Å². The number of nitrogens with one attached hydrogen (secondary N) is 1. The molecule has 0 saturated heterocycles. The second kappa shape index (κ2) is 16.1. The van der Waals surface area contributed by atoms with Gasteiger partial charge < -0.3 is 19.7 Å². The molecule has 1 N–H and O–H groups in total. The van der Waals surface area contributed by atoms with Gasteiger partial charge in [-0.3, -0.25) is 9.59 Å². The maximum atomic E-state index is 14.0. The fourth-order valence-electron chi connectivity index (χ4n) is 4.47. The van der Waals surface area contributed by atoms with Crippen LogP contribution in [0.15, 0.2) is 77.3 Å². The third-order valence-electron chi connectivity index (χ3n) is 6.75. The normalized spacial score (nSPS) is 12.3. The van der Waals surface area contributed by atoms with Crippen LogP contribution >= 0.6 is 15.9 Å². The second-order valence-corrected chi connectivity index (χ2v) is 10.7. The van der Waals surface area contributed by atoms with E-state index in [2.05, 4.69) is 21.2 Å². The Hall–Kier alpha value is -3.32. The number of halogens is 1. The lowest BCUT2D eigenvalue weighted by molar-refractivity contribution is -0.141. The van der Waals surface area contributed by atoms with E-state index in [4.69, 9.17) is 9.47 Å². The number of ether oxygens (including phenoxy) is 2. The lowest BCUT2D eigenvalue weighted by Crippen LogP contribution is -2.52. The summed E-state index contributed by atoms with van der Waals surface area (Å²) in [6.07, 6.45) is 2.02. The molecule has 3 rings (SSSR count). The van der Waals surface area contributed by atoms with E-state index in [0.717, 1.165) is 27.6 Å². The Morgan fingerprint density at radius 1 is 0.850 bits per heavy atom. The number of nitrogens with zero attached hydrogens (tertiary/aromatic N) is 1. The van der Waals surface area contributed by atoms with Crippen LogP contribution in [0.3, 0.4) is 0 Å². The van der Waals surface area contributed by atoms with Crippen LogP contribution in [-0.2, 0) is 29.0 Å². The Labute approximate surface area is 247 Å². The number of rotatable bonds is 15. The zero-order valence-corrected chi connectivity index (χ0v) is 25.6. The summed E-state index contributed by atoms with van der Waals surface area (Å²) in [6, 6.07) is 22.9. The van der Waals surface area contributed by atoms with Gasteiger partial charge in [0.2, 0.25) is 11.8 Å². The summed E-state index contributed by atoms with van der Waals surface area (Å²) < 4.78 is 12.4. The molecular weight excluding hydrogens is 568 g/mol. The van der Waals surface area contributed by atoms with Crippen molar-refractivity contribution in [1.82, 2.24) is 10.2 Å². The van der Waals surface area contributed by atoms with Crippen LogP contribution in [0.1, 0.15) is 57.2 Å². The topological polar surface area (TPSA) is 67.9 Å². The maximum Gasteiger partial charge on any atom is 0.243 e. The molecule has 0 aromatic heterocycles. The quantitative estimate of drug-likeness (QED) is 0.208. The standard InChI is InChI=1S/C33H41BrN2O4/c1-5-24(4)35-33(38)29(21-25-12-9-8-10-13-25)36(23-27-14-11-15-28(34)20-27)32(37)19-17-26-16-18-30(39-6-2)31(22-26)40-7-3/h8-16,18,20,22,24,29H,5-7,17,19,21,23H2,1-4H3,(H,35,38). The average Bonchev–Trinajstić information content (AvgIpc) is 2.95. The fourth-order valence-corrected chi connectivity index (χ4v) is 4.92. The van der Waals surface area contributed by atoms with Crippen LogP contribution in [0.4, 0.5) is 0 Å². The highest BCUT2D eigenvalue weighted by molar-refractivity contribution is 9.10. The highest BCUT2D eigenvalue weighted by atomic mass is 79.9. The molecule has 40 heavy (non-hydrogen) atoms. The van der Waals surface area contributed by atoms with Gasteiger partial charge in [0, 0.05) is 29.9 Å². The molecule has 0 heterocycles. The van der Waals surface area contributed by atoms with E-state index in [1.54, 1.807) is 4.90 Å². The molecule has 0 fully saturated rings. The van der Waals surface area contributed by atoms with Gasteiger partial charge in [-0.05, 0) is 74.6 Å². The van der Waals surface area contributed by atoms with Crippen LogP contribution in [0.2, 0.25) is 0 Å². The van der Waals surface area contributed by atoms with Crippen molar-refractivity contribution < 1.29 is 19.1 Å². The monoisotopic (exact) mass is 608 g/mol. The lowest BCUT2D eigenvalue weighted by Gasteiger charge is -2.32. The van der Waals surface area contributed by atoms with Gasteiger partial charge in [-0.15, -0.1) is 0 Å². The molecule has 214 valence electrons. The van der Waals surface area contributed by atoms with Gasteiger partial charge in [0.05, 0.1) is 13.2 Å². The van der Waals surface area contributed by atoms with Gasteiger partial charge in [-0.1, -0.05) is 71.4 Å². The smallest absolute Gasteiger partial charge is 0.243 e. The first-order chi connectivity index (χ1) is 19.3. The number of benzene rings is 3. The number of aryl methyl sites for hydroxylation is 1. The van der Waals surface area contributed by atoms with Crippen molar-refractivity contribution in [2.24, 2.45) is 0 Å². The molecule has 6 nitrogen and oxygen atoms in total. The third kappa shape index (κ3) is 9.40. The highest BCUT2D eigenvalue weighted by Crippen LogP contribution is 2.29. The Morgan fingerprint density at radius 3 is 2.23 bits per heavy atom. The lowest BCUT2D eigenvalue weighted by atomic mass is 10.0. The summed E-state index contributed by atoms with van der Waals surface area (Å²) in [7, 11) is 0. The molecule has 0 aliphatic rings. The van der Waals surface area contributed by atoms with Gasteiger partial charge in [0.1, 0.15) is 6.04 Å². The number of hydrogen-bond donors (Lipinski definition) is 1. The molecule has 0 bridgehead atoms. The van der Waals surface area contributed by atoms with Crippen molar-refractivity contribution in [3.63, 3.8) is 0 Å². The Balaban J connectivity index is 1.91. The minimum absolute atomic E-state index is 0.00874. The Kier molecular flexibility index (Phi) is 12.5. The largest absolute Gasteiger partial charge is 0.490 e. The van der Waals surface area contributed by atoms with Crippen molar-refractivity contribution in [3.8, 4) is 11.5 Å². The predicted molar refractivity (Wildman–Crippen MR) is 164 cm³/mol. The van der Waals surface area contributed by atoms with E-state index in [-0.39, 0.29) is 24.3 Å². The zero-order chi connectivity index (χ0) is 28.9. The molecule has 3 aromatic rings. The molecule has 0 saturated carbocycles. The Morgan fingerprint density at radius 2 is 1.55 bits per heavy atom. The SMILES string of the molecule is CCOc1ccc(CCC(=O)N(Cc2cccc(Br)c2)C(Cc2ccccc2)C(=O)NC(C)CC)cc1OCC. The van der Waals surface area contributed by atoms with Crippen LogP contribution in [0.5, 0.6) is 11.5 Å². The van der Waals surface area contributed by atoms with E-state index in [1.807, 2.05) is 100 Å². The summed E-state index contributed by atoms with van der Waals surface area (Å²) in [4.78, 5) is 29.4. The van der Waals surface area contributed by atoms with E-state index in [9.17, 15) is 9.59 Å². The number of carbonyl (C=O) groups is 2. The minimum Gasteiger partial charge on any atom is -0.490 e. The van der Waals surface area contributed by atoms with Gasteiger partial charge in [-0.25, -0.2) is 0 Å².